The number of primary sulfonamides is 1. The van der Waals surface area contributed by atoms with Crippen LogP contribution in [-0.4, -0.2) is 35.4 Å². The monoisotopic (exact) mass is 490 g/mol. The predicted octanol–water partition coefficient (Wildman–Crippen LogP) is 2.59. The van der Waals surface area contributed by atoms with Gasteiger partial charge in [-0.15, -0.1) is 0 Å². The van der Waals surface area contributed by atoms with Gasteiger partial charge >= 0.3 is 0 Å². The Morgan fingerprint density at radius 3 is 2.31 bits per heavy atom. The second-order valence-corrected chi connectivity index (χ2v) is 9.78. The Bertz CT molecular complexity index is 1520. The van der Waals surface area contributed by atoms with Gasteiger partial charge in [-0.05, 0) is 54.8 Å². The number of nitrogens with zero attached hydrogens (tertiary/aromatic N) is 3. The SMILES string of the molecule is NC(=O)c1ccc(-c2ccc3nc(NCc4ccc(S(N)(=O)=O)cc4)nc(OC4CC4)c3n2)cc1. The molecule has 2 heterocycles. The van der Waals surface area contributed by atoms with Gasteiger partial charge in [0.05, 0.1) is 16.1 Å². The van der Waals surface area contributed by atoms with E-state index in [0.717, 1.165) is 24.0 Å². The number of hydrogen-bond acceptors (Lipinski definition) is 8. The van der Waals surface area contributed by atoms with E-state index in [2.05, 4.69) is 15.3 Å². The van der Waals surface area contributed by atoms with E-state index >= 15 is 0 Å². The second-order valence-electron chi connectivity index (χ2n) is 8.22. The van der Waals surface area contributed by atoms with E-state index in [1.165, 1.54) is 12.1 Å². The quantitative estimate of drug-likeness (QED) is 0.339. The van der Waals surface area contributed by atoms with Crippen LogP contribution in [0.3, 0.4) is 0 Å². The highest BCUT2D eigenvalue weighted by atomic mass is 32.2. The second kappa shape index (κ2) is 8.93. The maximum atomic E-state index is 11.4. The molecule has 2 aromatic carbocycles. The number of nitrogens with one attached hydrogen (secondary N) is 1. The largest absolute Gasteiger partial charge is 0.473 e. The third kappa shape index (κ3) is 5.20. The highest BCUT2D eigenvalue weighted by molar-refractivity contribution is 7.89. The zero-order chi connectivity index (χ0) is 24.6. The molecule has 0 aliphatic heterocycles. The van der Waals surface area contributed by atoms with Crippen LogP contribution in [0.2, 0.25) is 0 Å². The van der Waals surface area contributed by atoms with Crippen molar-refractivity contribution < 1.29 is 17.9 Å². The van der Waals surface area contributed by atoms with Crippen LogP contribution < -0.4 is 20.9 Å². The molecule has 0 atom stereocenters. The highest BCUT2D eigenvalue weighted by Crippen LogP contribution is 2.32. The van der Waals surface area contributed by atoms with Crippen molar-refractivity contribution in [3.05, 3.63) is 71.8 Å². The normalized spacial score (nSPS) is 13.5. The molecule has 5 rings (SSSR count). The molecule has 1 aliphatic carbocycles. The topological polar surface area (TPSA) is 163 Å². The van der Waals surface area contributed by atoms with E-state index in [1.807, 2.05) is 12.1 Å². The number of fused-ring (bicyclic) bond motifs is 1. The summed E-state index contributed by atoms with van der Waals surface area (Å²) in [6.07, 6.45) is 2.02. The van der Waals surface area contributed by atoms with Gasteiger partial charge in [-0.2, -0.15) is 4.98 Å². The maximum Gasteiger partial charge on any atom is 0.248 e. The Balaban J connectivity index is 1.42. The van der Waals surface area contributed by atoms with Crippen LogP contribution in [0.15, 0.2) is 65.6 Å². The Morgan fingerprint density at radius 1 is 0.971 bits per heavy atom. The number of nitrogens with two attached hydrogens (primary N) is 2. The highest BCUT2D eigenvalue weighted by Gasteiger charge is 2.26. The Kier molecular flexibility index (Phi) is 5.79. The molecule has 1 aliphatic rings. The zero-order valence-electron chi connectivity index (χ0n) is 18.5. The van der Waals surface area contributed by atoms with Crippen molar-refractivity contribution in [1.29, 1.82) is 0 Å². The lowest BCUT2D eigenvalue weighted by Gasteiger charge is -2.12. The molecule has 11 heteroatoms. The number of sulfonamides is 1. The van der Waals surface area contributed by atoms with E-state index in [0.29, 0.717) is 40.7 Å². The summed E-state index contributed by atoms with van der Waals surface area (Å²) in [6, 6.07) is 16.8. The lowest BCUT2D eigenvalue weighted by Crippen LogP contribution is -2.12. The van der Waals surface area contributed by atoms with Crippen LogP contribution in [0.1, 0.15) is 28.8 Å². The van der Waals surface area contributed by atoms with Crippen molar-refractivity contribution in [2.45, 2.75) is 30.4 Å². The van der Waals surface area contributed by atoms with Crippen molar-refractivity contribution in [2.24, 2.45) is 10.9 Å². The molecular weight excluding hydrogens is 468 g/mol. The molecule has 1 amide bonds. The lowest BCUT2D eigenvalue weighted by atomic mass is 10.1. The van der Waals surface area contributed by atoms with Crippen LogP contribution in [0.4, 0.5) is 5.95 Å². The molecule has 0 spiro atoms. The number of hydrogen-bond donors (Lipinski definition) is 3. The first-order valence-corrected chi connectivity index (χ1v) is 12.4. The number of rotatable bonds is 8. The number of carbonyl (C=O) groups is 1. The number of aromatic nitrogens is 3. The molecule has 10 nitrogen and oxygen atoms in total. The summed E-state index contributed by atoms with van der Waals surface area (Å²) in [5, 5.41) is 8.30. The third-order valence-corrected chi connectivity index (χ3v) is 6.41. The van der Waals surface area contributed by atoms with Gasteiger partial charge in [0.1, 0.15) is 6.10 Å². The molecule has 4 aromatic rings. The summed E-state index contributed by atoms with van der Waals surface area (Å²) in [6.45, 7) is 0.372. The van der Waals surface area contributed by atoms with Gasteiger partial charge < -0.3 is 15.8 Å². The van der Waals surface area contributed by atoms with Gasteiger partial charge in [0.2, 0.25) is 27.8 Å². The van der Waals surface area contributed by atoms with Crippen molar-refractivity contribution in [3.63, 3.8) is 0 Å². The number of amides is 1. The fourth-order valence-corrected chi connectivity index (χ4v) is 3.95. The third-order valence-electron chi connectivity index (χ3n) is 5.48. The number of carbonyl (C=O) groups excluding carboxylic acids is 1. The van der Waals surface area contributed by atoms with Gasteiger partial charge in [-0.1, -0.05) is 24.3 Å². The number of benzene rings is 2. The molecule has 1 fully saturated rings. The van der Waals surface area contributed by atoms with Crippen LogP contribution in [0.25, 0.3) is 22.3 Å². The fourth-order valence-electron chi connectivity index (χ4n) is 3.44. The van der Waals surface area contributed by atoms with Crippen molar-refractivity contribution in [1.82, 2.24) is 15.0 Å². The molecule has 0 unspecified atom stereocenters. The predicted molar refractivity (Wildman–Crippen MR) is 130 cm³/mol. The van der Waals surface area contributed by atoms with Crippen molar-refractivity contribution in [3.8, 4) is 17.1 Å². The van der Waals surface area contributed by atoms with E-state index in [4.69, 9.17) is 20.6 Å². The molecule has 0 radical (unpaired) electrons. The Hall–Kier alpha value is -4.09. The molecule has 5 N–H and O–H groups in total. The van der Waals surface area contributed by atoms with Crippen LogP contribution in [0.5, 0.6) is 5.88 Å². The summed E-state index contributed by atoms with van der Waals surface area (Å²) < 4.78 is 28.9. The lowest BCUT2D eigenvalue weighted by molar-refractivity contribution is 0.100. The Morgan fingerprint density at radius 2 is 1.69 bits per heavy atom. The van der Waals surface area contributed by atoms with Crippen LogP contribution in [-0.2, 0) is 16.6 Å². The Labute approximate surface area is 201 Å². The summed E-state index contributed by atoms with van der Waals surface area (Å²) >= 11 is 0. The van der Waals surface area contributed by atoms with Gasteiger partial charge in [-0.25, -0.2) is 23.5 Å². The van der Waals surface area contributed by atoms with E-state index < -0.39 is 15.9 Å². The summed E-state index contributed by atoms with van der Waals surface area (Å²) in [5.74, 6) is 0.265. The van der Waals surface area contributed by atoms with Gasteiger partial charge in [-0.3, -0.25) is 4.79 Å². The van der Waals surface area contributed by atoms with Gasteiger partial charge in [0.25, 0.3) is 0 Å². The summed E-state index contributed by atoms with van der Waals surface area (Å²) in [4.78, 5) is 25.2. The first-order chi connectivity index (χ1) is 16.8. The molecule has 1 saturated carbocycles. The zero-order valence-corrected chi connectivity index (χ0v) is 19.3. The van der Waals surface area contributed by atoms with Crippen LogP contribution in [0, 0.1) is 0 Å². The number of pyridine rings is 1. The first kappa shape index (κ1) is 22.7. The minimum absolute atomic E-state index is 0.0504. The van der Waals surface area contributed by atoms with Crippen molar-refractivity contribution in [2.75, 3.05) is 5.32 Å². The van der Waals surface area contributed by atoms with E-state index in [-0.39, 0.29) is 11.0 Å². The minimum atomic E-state index is -3.74. The minimum Gasteiger partial charge on any atom is -0.473 e. The summed E-state index contributed by atoms with van der Waals surface area (Å²) in [7, 11) is -3.74. The first-order valence-electron chi connectivity index (χ1n) is 10.9. The molecule has 35 heavy (non-hydrogen) atoms. The maximum absolute atomic E-state index is 11.4. The average molecular weight is 491 g/mol. The van der Waals surface area contributed by atoms with E-state index in [1.54, 1.807) is 36.4 Å². The van der Waals surface area contributed by atoms with E-state index in [9.17, 15) is 13.2 Å². The summed E-state index contributed by atoms with van der Waals surface area (Å²) in [5.41, 5.74) is 9.24. The number of primary amides is 1. The average Bonchev–Trinajstić information content (AvgIpc) is 3.66. The van der Waals surface area contributed by atoms with Crippen LogP contribution >= 0.6 is 0 Å². The molecule has 178 valence electrons. The fraction of sp³-hybridized carbons (Fsp3) is 0.167. The molecular formula is C24H22N6O4S. The van der Waals surface area contributed by atoms with Crippen molar-refractivity contribution >= 4 is 32.9 Å². The molecule has 0 saturated heterocycles. The molecule has 0 bridgehead atoms. The number of anilines is 1. The van der Waals surface area contributed by atoms with Gasteiger partial charge in [0, 0.05) is 17.7 Å². The number of ether oxygens (including phenoxy) is 1. The standard InChI is InChI=1S/C24H22N6O4S/c25-22(31)16-5-3-15(4-6-16)19-11-12-20-21(28-19)23(34-17-7-8-17)30-24(29-20)27-13-14-1-9-18(10-2-14)35(26,32)33/h1-6,9-12,17H,7-8,13H2,(H2,25,31)(H2,26,32,33)(H,27,29,30). The molecule has 2 aromatic heterocycles. The van der Waals surface area contributed by atoms with Gasteiger partial charge in [0.15, 0.2) is 5.52 Å². The smallest absolute Gasteiger partial charge is 0.248 e.